The van der Waals surface area contributed by atoms with Crippen molar-refractivity contribution in [2.45, 2.75) is 33.4 Å². The number of anilines is 2. The fraction of sp³-hybridized carbons (Fsp3) is 0.320. The second-order valence-electron chi connectivity index (χ2n) is 8.86. The van der Waals surface area contributed by atoms with Crippen molar-refractivity contribution in [2.75, 3.05) is 11.4 Å². The molecule has 0 amide bonds. The molecule has 0 bridgehead atoms. The molecule has 4 aromatic rings. The number of fused-ring (bicyclic) bond motifs is 3. The van der Waals surface area contributed by atoms with E-state index >= 15 is 0 Å². The molecule has 5 rings (SSSR count). The van der Waals surface area contributed by atoms with Gasteiger partial charge in [-0.05, 0) is 42.3 Å². The maximum atomic E-state index is 13.3. The molecule has 0 fully saturated rings. The Labute approximate surface area is 191 Å². The monoisotopic (exact) mass is 446 g/mol. The van der Waals surface area contributed by atoms with Crippen LogP contribution in [0, 0.1) is 5.92 Å². The maximum Gasteiger partial charge on any atom is 0.364 e. The first-order valence-corrected chi connectivity index (χ1v) is 11.3. The highest BCUT2D eigenvalue weighted by Crippen LogP contribution is 2.29. The normalized spacial score (nSPS) is 13.5. The molecule has 0 atom stereocenters. The highest BCUT2D eigenvalue weighted by molar-refractivity contribution is 5.70. The van der Waals surface area contributed by atoms with Gasteiger partial charge in [0.2, 0.25) is 11.2 Å². The van der Waals surface area contributed by atoms with Crippen LogP contribution in [0.15, 0.2) is 64.2 Å². The number of H-pyrrole nitrogens is 1. The van der Waals surface area contributed by atoms with Gasteiger partial charge in [0, 0.05) is 20.0 Å². The predicted molar refractivity (Wildman–Crippen MR) is 127 cm³/mol. The average molecular weight is 447 g/mol. The molecule has 0 saturated carbocycles. The summed E-state index contributed by atoms with van der Waals surface area (Å²) in [6.45, 7) is 5.93. The van der Waals surface area contributed by atoms with Gasteiger partial charge in [0.15, 0.2) is 0 Å². The molecule has 1 aliphatic heterocycles. The van der Waals surface area contributed by atoms with Crippen LogP contribution in [0.25, 0.3) is 11.2 Å². The van der Waals surface area contributed by atoms with Crippen molar-refractivity contribution in [3.8, 4) is 11.5 Å². The van der Waals surface area contributed by atoms with Crippen molar-refractivity contribution in [3.63, 3.8) is 0 Å². The van der Waals surface area contributed by atoms with Gasteiger partial charge in [-0.25, -0.2) is 19.2 Å². The standard InChI is InChI=1S/C25H27N5O3/c1-17(2)16-30-23(31)21-22(27(3)25(30)32)26-24-28(14-7-15-29(21)24)18-10-12-20(13-11-18)33-19-8-5-4-6-9-19/h4-6,8-13,17H,7,14-16H2,1-3H3/p+1. The molecule has 3 heterocycles. The van der Waals surface area contributed by atoms with Crippen LogP contribution in [0.3, 0.4) is 0 Å². The molecule has 2 aromatic carbocycles. The second kappa shape index (κ2) is 8.27. The Kier molecular flexibility index (Phi) is 5.28. The summed E-state index contributed by atoms with van der Waals surface area (Å²) in [6.07, 6.45) is 0.888. The summed E-state index contributed by atoms with van der Waals surface area (Å²) in [6, 6.07) is 17.6. The van der Waals surface area contributed by atoms with Gasteiger partial charge >= 0.3 is 11.6 Å². The summed E-state index contributed by atoms with van der Waals surface area (Å²) in [4.78, 5) is 31.7. The number of para-hydroxylation sites is 1. The molecule has 0 aliphatic carbocycles. The van der Waals surface area contributed by atoms with Crippen LogP contribution < -0.4 is 25.5 Å². The first kappa shape index (κ1) is 21.1. The minimum Gasteiger partial charge on any atom is -0.457 e. The molecule has 1 N–H and O–H groups in total. The number of aromatic nitrogens is 4. The summed E-state index contributed by atoms with van der Waals surface area (Å²) in [7, 11) is 1.71. The molecule has 33 heavy (non-hydrogen) atoms. The Hall–Kier alpha value is -3.81. The molecular weight excluding hydrogens is 418 g/mol. The zero-order valence-corrected chi connectivity index (χ0v) is 19.1. The Morgan fingerprint density at radius 3 is 2.42 bits per heavy atom. The lowest BCUT2D eigenvalue weighted by molar-refractivity contribution is -0.663. The van der Waals surface area contributed by atoms with Crippen LogP contribution in [-0.4, -0.2) is 20.7 Å². The molecule has 2 aromatic heterocycles. The molecule has 0 spiro atoms. The van der Waals surface area contributed by atoms with Gasteiger partial charge in [-0.15, -0.1) is 0 Å². The van der Waals surface area contributed by atoms with E-state index in [4.69, 9.17) is 4.74 Å². The molecule has 8 nitrogen and oxygen atoms in total. The topological polar surface area (TPSA) is 76.1 Å². The Balaban J connectivity index is 1.55. The first-order valence-electron chi connectivity index (χ1n) is 11.3. The summed E-state index contributed by atoms with van der Waals surface area (Å²) < 4.78 is 10.8. The number of hydrogen-bond donors (Lipinski definition) is 1. The minimum atomic E-state index is -0.297. The number of aromatic amines is 1. The number of nitrogens with one attached hydrogen (secondary N) is 1. The number of nitrogens with zero attached hydrogens (tertiary/aromatic N) is 4. The number of aryl methyl sites for hydroxylation is 2. The number of benzene rings is 2. The fourth-order valence-electron chi connectivity index (χ4n) is 4.44. The van der Waals surface area contributed by atoms with Crippen LogP contribution in [0.5, 0.6) is 11.5 Å². The third kappa shape index (κ3) is 3.71. The van der Waals surface area contributed by atoms with Crippen molar-refractivity contribution in [1.82, 2.24) is 14.1 Å². The summed E-state index contributed by atoms with van der Waals surface area (Å²) >= 11 is 0. The van der Waals surface area contributed by atoms with Crippen LogP contribution in [-0.2, 0) is 20.1 Å². The van der Waals surface area contributed by atoms with Crippen LogP contribution in [0.4, 0.5) is 11.6 Å². The number of ether oxygens (including phenoxy) is 1. The van der Waals surface area contributed by atoms with Crippen molar-refractivity contribution in [3.05, 3.63) is 75.4 Å². The minimum absolute atomic E-state index is 0.195. The second-order valence-corrected chi connectivity index (χ2v) is 8.86. The Morgan fingerprint density at radius 1 is 1.03 bits per heavy atom. The quantitative estimate of drug-likeness (QED) is 0.477. The van der Waals surface area contributed by atoms with Gasteiger partial charge in [-0.3, -0.25) is 13.9 Å². The number of rotatable bonds is 5. The molecule has 1 aliphatic rings. The van der Waals surface area contributed by atoms with E-state index in [-0.39, 0.29) is 17.2 Å². The van der Waals surface area contributed by atoms with E-state index in [0.29, 0.717) is 17.7 Å². The van der Waals surface area contributed by atoms with Crippen molar-refractivity contribution >= 4 is 22.8 Å². The predicted octanol–water partition coefficient (Wildman–Crippen LogP) is 3.31. The van der Waals surface area contributed by atoms with Crippen LogP contribution >= 0.6 is 0 Å². The molecule has 0 radical (unpaired) electrons. The molecule has 8 heteroatoms. The van der Waals surface area contributed by atoms with E-state index < -0.39 is 0 Å². The summed E-state index contributed by atoms with van der Waals surface area (Å²) in [5, 5.41) is 0. The van der Waals surface area contributed by atoms with Crippen molar-refractivity contribution in [1.29, 1.82) is 0 Å². The van der Waals surface area contributed by atoms with Crippen LogP contribution in [0.2, 0.25) is 0 Å². The van der Waals surface area contributed by atoms with Crippen LogP contribution in [0.1, 0.15) is 20.3 Å². The number of hydrogen-bond acceptors (Lipinski definition) is 4. The summed E-state index contributed by atoms with van der Waals surface area (Å²) in [5.74, 6) is 2.55. The van der Waals surface area contributed by atoms with Crippen molar-refractivity contribution < 1.29 is 9.30 Å². The smallest absolute Gasteiger partial charge is 0.364 e. The van der Waals surface area contributed by atoms with Gasteiger partial charge < -0.3 is 4.74 Å². The highest BCUT2D eigenvalue weighted by Gasteiger charge is 2.33. The Bertz CT molecular complexity index is 1420. The van der Waals surface area contributed by atoms with E-state index in [0.717, 1.165) is 42.6 Å². The van der Waals surface area contributed by atoms with Gasteiger partial charge in [0.1, 0.15) is 17.2 Å². The van der Waals surface area contributed by atoms with E-state index in [1.54, 1.807) is 11.6 Å². The maximum absolute atomic E-state index is 13.3. The zero-order chi connectivity index (χ0) is 23.1. The first-order chi connectivity index (χ1) is 15.9. The van der Waals surface area contributed by atoms with E-state index in [1.165, 1.54) is 4.57 Å². The molecule has 0 saturated heterocycles. The lowest BCUT2D eigenvalue weighted by Gasteiger charge is -2.22. The van der Waals surface area contributed by atoms with E-state index in [2.05, 4.69) is 9.88 Å². The molecule has 0 unspecified atom stereocenters. The molecular formula is C25H28N5O3+. The summed E-state index contributed by atoms with van der Waals surface area (Å²) in [5.41, 5.74) is 1.55. The van der Waals surface area contributed by atoms with E-state index in [1.807, 2.05) is 73.0 Å². The Morgan fingerprint density at radius 2 is 1.73 bits per heavy atom. The largest absolute Gasteiger partial charge is 0.457 e. The average Bonchev–Trinajstić information content (AvgIpc) is 3.22. The van der Waals surface area contributed by atoms with Gasteiger partial charge in [0.25, 0.3) is 5.56 Å². The molecule has 170 valence electrons. The lowest BCUT2D eigenvalue weighted by atomic mass is 10.2. The van der Waals surface area contributed by atoms with Gasteiger partial charge in [-0.2, -0.15) is 0 Å². The fourth-order valence-corrected chi connectivity index (χ4v) is 4.44. The third-order valence-electron chi connectivity index (χ3n) is 5.98. The third-order valence-corrected chi connectivity index (χ3v) is 5.98. The lowest BCUT2D eigenvalue weighted by Crippen LogP contribution is -2.49. The van der Waals surface area contributed by atoms with Gasteiger partial charge in [-0.1, -0.05) is 32.0 Å². The SMILES string of the molecule is CC(C)Cn1c(=O)c2c([nH]c3[n+]2CCCN3c2ccc(Oc3ccccc3)cc2)n(C)c1=O. The van der Waals surface area contributed by atoms with Crippen molar-refractivity contribution in [2.24, 2.45) is 13.0 Å². The zero-order valence-electron chi connectivity index (χ0n) is 19.1. The highest BCUT2D eigenvalue weighted by atomic mass is 16.5. The van der Waals surface area contributed by atoms with E-state index in [9.17, 15) is 9.59 Å². The number of imidazole rings is 1. The van der Waals surface area contributed by atoms with Gasteiger partial charge in [0.05, 0.1) is 13.1 Å².